The van der Waals surface area contributed by atoms with Crippen LogP contribution in [0.2, 0.25) is 0 Å². The van der Waals surface area contributed by atoms with E-state index in [-0.39, 0.29) is 23.3 Å². The van der Waals surface area contributed by atoms with Crippen LogP contribution in [0.4, 0.5) is 0 Å². The molecule has 2 atom stereocenters. The summed E-state index contributed by atoms with van der Waals surface area (Å²) in [7, 11) is 0. The van der Waals surface area contributed by atoms with Gasteiger partial charge in [0.05, 0.1) is 12.3 Å². The van der Waals surface area contributed by atoms with Crippen LogP contribution in [0, 0.1) is 5.92 Å². The van der Waals surface area contributed by atoms with Crippen LogP contribution in [0.3, 0.4) is 0 Å². The maximum absolute atomic E-state index is 12.6. The van der Waals surface area contributed by atoms with Crippen molar-refractivity contribution < 1.29 is 23.5 Å². The Bertz CT molecular complexity index is 880. The first kappa shape index (κ1) is 24.2. The number of hydrogen-bond acceptors (Lipinski definition) is 5. The lowest BCUT2D eigenvalue weighted by Crippen LogP contribution is -2.46. The normalized spacial score (nSPS) is 13.4. The molecule has 2 N–H and O–H groups in total. The second kappa shape index (κ2) is 10.3. The number of carbonyl (C=O) groups excluding carboxylic acids is 3. The predicted molar refractivity (Wildman–Crippen MR) is 117 cm³/mol. The molecule has 2 rings (SSSR count). The Hall–Kier alpha value is -3.09. The molecule has 7 nitrogen and oxygen atoms in total. The molecule has 0 saturated heterocycles. The van der Waals surface area contributed by atoms with Gasteiger partial charge in [0.2, 0.25) is 0 Å². The number of ether oxygens (including phenoxy) is 1. The van der Waals surface area contributed by atoms with Gasteiger partial charge in [-0.3, -0.25) is 9.59 Å². The fourth-order valence-electron chi connectivity index (χ4n) is 2.96. The van der Waals surface area contributed by atoms with Crippen molar-refractivity contribution in [2.24, 2.45) is 5.92 Å². The maximum Gasteiger partial charge on any atom is 0.329 e. The van der Waals surface area contributed by atoms with Crippen LogP contribution in [0.15, 0.2) is 47.1 Å². The second-order valence-electron chi connectivity index (χ2n) is 8.93. The number of hydrogen-bond donors (Lipinski definition) is 2. The summed E-state index contributed by atoms with van der Waals surface area (Å²) in [6.07, 6.45) is 1.52. The van der Waals surface area contributed by atoms with Gasteiger partial charge in [0.25, 0.3) is 11.8 Å². The van der Waals surface area contributed by atoms with Crippen molar-refractivity contribution in [3.05, 3.63) is 59.5 Å². The van der Waals surface area contributed by atoms with E-state index in [2.05, 4.69) is 31.4 Å². The van der Waals surface area contributed by atoms with Gasteiger partial charge in [-0.15, -0.1) is 0 Å². The van der Waals surface area contributed by atoms with E-state index >= 15 is 0 Å². The van der Waals surface area contributed by atoms with Crippen LogP contribution < -0.4 is 10.6 Å². The maximum atomic E-state index is 12.6. The molecule has 0 aliphatic rings. The number of nitrogens with one attached hydrogen (secondary N) is 2. The molecule has 1 aromatic heterocycles. The van der Waals surface area contributed by atoms with Crippen LogP contribution in [0.5, 0.6) is 0 Å². The highest BCUT2D eigenvalue weighted by Crippen LogP contribution is 2.22. The Morgan fingerprint density at radius 1 is 1.00 bits per heavy atom. The lowest BCUT2D eigenvalue weighted by Gasteiger charge is -2.22. The Balaban J connectivity index is 1.92. The molecule has 1 aromatic carbocycles. The molecule has 1 heterocycles. The van der Waals surface area contributed by atoms with Crippen LogP contribution in [-0.4, -0.2) is 30.4 Å². The van der Waals surface area contributed by atoms with Gasteiger partial charge < -0.3 is 19.8 Å². The third-order valence-electron chi connectivity index (χ3n) is 4.91. The smallest absolute Gasteiger partial charge is 0.329 e. The van der Waals surface area contributed by atoms with Crippen molar-refractivity contribution in [3.63, 3.8) is 0 Å². The standard InChI is InChI=1S/C24H32N2O5/c1-15(2)21(26-22(28)17-9-11-18(12-10-17)24(4,5)6)23(29)31-14-20(27)25-16(3)19-8-7-13-30-19/h7-13,15-16,21H,14H2,1-6H3,(H,25,27)(H,26,28)/t16-,21+/m1/s1. The molecule has 168 valence electrons. The van der Waals surface area contributed by atoms with E-state index in [9.17, 15) is 14.4 Å². The fraction of sp³-hybridized carbons (Fsp3) is 0.458. The topological polar surface area (TPSA) is 97.6 Å². The minimum absolute atomic E-state index is 0.0196. The molecule has 2 amide bonds. The third kappa shape index (κ3) is 6.98. The van der Waals surface area contributed by atoms with E-state index in [0.717, 1.165) is 5.56 Å². The van der Waals surface area contributed by atoms with E-state index < -0.39 is 24.5 Å². The molecule has 31 heavy (non-hydrogen) atoms. The molecular weight excluding hydrogens is 396 g/mol. The van der Waals surface area contributed by atoms with Gasteiger partial charge in [-0.25, -0.2) is 4.79 Å². The predicted octanol–water partition coefficient (Wildman–Crippen LogP) is 3.75. The zero-order valence-electron chi connectivity index (χ0n) is 19.0. The van der Waals surface area contributed by atoms with E-state index in [1.807, 2.05) is 12.1 Å². The van der Waals surface area contributed by atoms with Crippen molar-refractivity contribution in [1.29, 1.82) is 0 Å². The van der Waals surface area contributed by atoms with Crippen LogP contribution in [0.25, 0.3) is 0 Å². The lowest BCUT2D eigenvalue weighted by molar-refractivity contribution is -0.151. The quantitative estimate of drug-likeness (QED) is 0.624. The van der Waals surface area contributed by atoms with Gasteiger partial charge in [-0.2, -0.15) is 0 Å². The third-order valence-corrected chi connectivity index (χ3v) is 4.91. The molecule has 0 saturated carbocycles. The highest BCUT2D eigenvalue weighted by molar-refractivity contribution is 5.97. The van der Waals surface area contributed by atoms with E-state index in [1.54, 1.807) is 45.0 Å². The van der Waals surface area contributed by atoms with Crippen molar-refractivity contribution in [2.75, 3.05) is 6.61 Å². The molecule has 2 aromatic rings. The minimum atomic E-state index is -0.870. The summed E-state index contributed by atoms with van der Waals surface area (Å²) in [5.74, 6) is -1.09. The summed E-state index contributed by atoms with van der Waals surface area (Å²) in [6.45, 7) is 11.2. The summed E-state index contributed by atoms with van der Waals surface area (Å²) in [5, 5.41) is 5.41. The molecule has 7 heteroatoms. The second-order valence-corrected chi connectivity index (χ2v) is 8.93. The summed E-state index contributed by atoms with van der Waals surface area (Å²) < 4.78 is 10.4. The van der Waals surface area contributed by atoms with Gasteiger partial charge >= 0.3 is 5.97 Å². The number of amides is 2. The SMILES string of the molecule is CC(C)[C@H](NC(=O)c1ccc(C(C)(C)C)cc1)C(=O)OCC(=O)N[C@H](C)c1ccco1. The van der Waals surface area contributed by atoms with Crippen molar-refractivity contribution >= 4 is 17.8 Å². The Morgan fingerprint density at radius 3 is 2.16 bits per heavy atom. The van der Waals surface area contributed by atoms with Gasteiger partial charge in [0.1, 0.15) is 11.8 Å². The first-order chi connectivity index (χ1) is 14.5. The summed E-state index contributed by atoms with van der Waals surface area (Å²) in [5.41, 5.74) is 1.55. The highest BCUT2D eigenvalue weighted by Gasteiger charge is 2.27. The molecule has 0 unspecified atom stereocenters. The summed E-state index contributed by atoms with van der Waals surface area (Å²) >= 11 is 0. The number of furan rings is 1. The summed E-state index contributed by atoms with van der Waals surface area (Å²) in [6, 6.07) is 9.54. The fourth-order valence-corrected chi connectivity index (χ4v) is 2.96. The lowest BCUT2D eigenvalue weighted by atomic mass is 9.86. The molecular formula is C24H32N2O5. The number of benzene rings is 1. The van der Waals surface area contributed by atoms with E-state index in [1.165, 1.54) is 6.26 Å². The molecule has 0 spiro atoms. The molecule has 0 bridgehead atoms. The zero-order valence-corrected chi connectivity index (χ0v) is 19.0. The van der Waals surface area contributed by atoms with Crippen molar-refractivity contribution in [1.82, 2.24) is 10.6 Å². The average Bonchev–Trinajstić information content (AvgIpc) is 3.24. The monoisotopic (exact) mass is 428 g/mol. The average molecular weight is 429 g/mol. The van der Waals surface area contributed by atoms with Crippen molar-refractivity contribution in [2.45, 2.75) is 59.0 Å². The number of rotatable bonds is 8. The largest absolute Gasteiger partial charge is 0.467 e. The van der Waals surface area contributed by atoms with Gasteiger partial charge in [-0.05, 0) is 48.1 Å². The first-order valence-corrected chi connectivity index (χ1v) is 10.4. The highest BCUT2D eigenvalue weighted by atomic mass is 16.5. The Morgan fingerprint density at radius 2 is 1.65 bits per heavy atom. The molecule has 0 aliphatic carbocycles. The van der Waals surface area contributed by atoms with E-state index in [4.69, 9.17) is 9.15 Å². The molecule has 0 radical (unpaired) electrons. The van der Waals surface area contributed by atoms with Gasteiger partial charge in [0, 0.05) is 5.56 Å². The van der Waals surface area contributed by atoms with E-state index in [0.29, 0.717) is 11.3 Å². The Labute approximate surface area is 183 Å². The number of carbonyl (C=O) groups is 3. The number of esters is 1. The van der Waals surface area contributed by atoms with Crippen LogP contribution in [-0.2, 0) is 19.7 Å². The van der Waals surface area contributed by atoms with Crippen LogP contribution in [0.1, 0.15) is 69.3 Å². The summed E-state index contributed by atoms with van der Waals surface area (Å²) in [4.78, 5) is 37.2. The van der Waals surface area contributed by atoms with Gasteiger partial charge in [-0.1, -0.05) is 46.8 Å². The molecule has 0 fully saturated rings. The zero-order chi connectivity index (χ0) is 23.2. The minimum Gasteiger partial charge on any atom is -0.467 e. The Kier molecular flexibility index (Phi) is 8.02. The first-order valence-electron chi connectivity index (χ1n) is 10.4. The van der Waals surface area contributed by atoms with Gasteiger partial charge in [0.15, 0.2) is 6.61 Å². The molecule has 0 aliphatic heterocycles. The van der Waals surface area contributed by atoms with Crippen LogP contribution >= 0.6 is 0 Å². The van der Waals surface area contributed by atoms with Crippen molar-refractivity contribution in [3.8, 4) is 0 Å².